The Hall–Kier alpha value is -3.14. The van der Waals surface area contributed by atoms with Gasteiger partial charge in [-0.25, -0.2) is 12.8 Å². The molecule has 2 rings (SSSR count). The van der Waals surface area contributed by atoms with Gasteiger partial charge in [-0.05, 0) is 57.0 Å². The number of carbonyl (C=O) groups excluding carboxylic acids is 2. The lowest BCUT2D eigenvalue weighted by Crippen LogP contribution is -2.52. The highest BCUT2D eigenvalue weighted by Crippen LogP contribution is 2.30. The van der Waals surface area contributed by atoms with Crippen molar-refractivity contribution in [2.24, 2.45) is 0 Å². The van der Waals surface area contributed by atoms with Gasteiger partial charge in [0.1, 0.15) is 24.2 Å². The molecule has 0 unspecified atom stereocenters. The number of nitrogens with zero attached hydrogens (tertiary/aromatic N) is 2. The fourth-order valence-corrected chi connectivity index (χ4v) is 4.22. The van der Waals surface area contributed by atoms with Gasteiger partial charge in [-0.1, -0.05) is 31.2 Å². The first-order valence-electron chi connectivity index (χ1n) is 11.5. The summed E-state index contributed by atoms with van der Waals surface area (Å²) in [6, 6.07) is 11.1. The number of halogens is 1. The number of amides is 2. The van der Waals surface area contributed by atoms with E-state index in [1.807, 2.05) is 13.8 Å². The van der Waals surface area contributed by atoms with Gasteiger partial charge in [0, 0.05) is 12.6 Å². The van der Waals surface area contributed by atoms with Crippen LogP contribution in [-0.4, -0.2) is 56.6 Å². The fraction of sp³-hybridized carbons (Fsp3) is 0.440. The molecule has 2 atom stereocenters. The smallest absolute Gasteiger partial charge is 0.244 e. The second kappa shape index (κ2) is 12.5. The second-order valence-corrected chi connectivity index (χ2v) is 10.2. The van der Waals surface area contributed by atoms with Crippen LogP contribution in [0.2, 0.25) is 0 Å². The van der Waals surface area contributed by atoms with Crippen LogP contribution in [0.3, 0.4) is 0 Å². The summed E-state index contributed by atoms with van der Waals surface area (Å²) < 4.78 is 45.4. The molecule has 35 heavy (non-hydrogen) atoms. The molecule has 2 aromatic rings. The maximum atomic E-state index is 13.5. The van der Waals surface area contributed by atoms with Crippen molar-refractivity contribution >= 4 is 27.5 Å². The molecule has 192 valence electrons. The minimum Gasteiger partial charge on any atom is -0.492 e. The topological polar surface area (TPSA) is 96.0 Å². The predicted octanol–water partition coefficient (Wildman–Crippen LogP) is 3.32. The van der Waals surface area contributed by atoms with Gasteiger partial charge in [-0.15, -0.1) is 0 Å². The average Bonchev–Trinajstić information content (AvgIpc) is 2.81. The predicted molar refractivity (Wildman–Crippen MR) is 134 cm³/mol. The lowest BCUT2D eigenvalue weighted by Gasteiger charge is -2.32. The molecule has 8 nitrogen and oxygen atoms in total. The number of ether oxygens (including phenoxy) is 1. The van der Waals surface area contributed by atoms with Crippen molar-refractivity contribution < 1.29 is 27.1 Å². The first kappa shape index (κ1) is 28.1. The zero-order valence-corrected chi connectivity index (χ0v) is 21.6. The second-order valence-electron chi connectivity index (χ2n) is 8.31. The van der Waals surface area contributed by atoms with Gasteiger partial charge in [0.05, 0.1) is 18.6 Å². The summed E-state index contributed by atoms with van der Waals surface area (Å²) in [5.41, 5.74) is 0.826. The van der Waals surface area contributed by atoms with Crippen molar-refractivity contribution in [3.05, 3.63) is 59.9 Å². The highest BCUT2D eigenvalue weighted by Gasteiger charge is 2.31. The minimum atomic E-state index is -3.88. The molecule has 0 aromatic heterocycles. The molecule has 0 saturated carbocycles. The van der Waals surface area contributed by atoms with E-state index in [2.05, 4.69) is 5.32 Å². The zero-order chi connectivity index (χ0) is 26.2. The summed E-state index contributed by atoms with van der Waals surface area (Å²) in [5, 5.41) is 2.86. The van der Waals surface area contributed by atoms with Crippen LogP contribution in [0.1, 0.15) is 39.7 Å². The molecule has 1 N–H and O–H groups in total. The molecule has 0 bridgehead atoms. The Labute approximate surface area is 207 Å². The maximum Gasteiger partial charge on any atom is 0.244 e. The van der Waals surface area contributed by atoms with Crippen LogP contribution in [-0.2, 0) is 26.2 Å². The lowest BCUT2D eigenvalue weighted by molar-refractivity contribution is -0.139. The normalized spacial score (nSPS) is 13.0. The standard InChI is InChI=1S/C25H34FN3O5S/c1-6-18(3)27-25(31)19(4)28(16-20-12-14-21(26)15-13-20)24(30)17-29(35(5,32)33)22-10-8-9-11-23(22)34-7-2/h8-15,18-19H,6-7,16-17H2,1-5H3,(H,27,31)/t18-,19+/m0/s1. The lowest BCUT2D eigenvalue weighted by atomic mass is 10.1. The van der Waals surface area contributed by atoms with Gasteiger partial charge in [0.15, 0.2) is 0 Å². The number of anilines is 1. The number of benzene rings is 2. The molecular weight excluding hydrogens is 473 g/mol. The van der Waals surface area contributed by atoms with Crippen LogP contribution in [0.15, 0.2) is 48.5 Å². The number of nitrogens with one attached hydrogen (secondary N) is 1. The molecule has 0 radical (unpaired) electrons. The summed E-state index contributed by atoms with van der Waals surface area (Å²) >= 11 is 0. The number of carbonyl (C=O) groups is 2. The van der Waals surface area contributed by atoms with Gasteiger partial charge in [0.25, 0.3) is 0 Å². The number of hydrogen-bond acceptors (Lipinski definition) is 5. The summed E-state index contributed by atoms with van der Waals surface area (Å²) in [6.45, 7) is 6.91. The monoisotopic (exact) mass is 507 g/mol. The van der Waals surface area contributed by atoms with Crippen LogP contribution < -0.4 is 14.4 Å². The quantitative estimate of drug-likeness (QED) is 0.476. The molecule has 0 spiro atoms. The SMILES string of the molecule is CCOc1ccccc1N(CC(=O)N(Cc1ccc(F)cc1)[C@H](C)C(=O)N[C@@H](C)CC)S(C)(=O)=O. The summed E-state index contributed by atoms with van der Waals surface area (Å²) in [6.07, 6.45) is 1.72. The average molecular weight is 508 g/mol. The fourth-order valence-electron chi connectivity index (χ4n) is 3.37. The molecule has 2 aromatic carbocycles. The van der Waals surface area contributed by atoms with E-state index in [0.29, 0.717) is 24.3 Å². The van der Waals surface area contributed by atoms with E-state index in [1.165, 1.54) is 29.2 Å². The number of hydrogen-bond donors (Lipinski definition) is 1. The molecule has 10 heteroatoms. The van der Waals surface area contributed by atoms with Gasteiger partial charge in [0.2, 0.25) is 21.8 Å². The van der Waals surface area contributed by atoms with E-state index in [1.54, 1.807) is 38.1 Å². The highest BCUT2D eigenvalue weighted by molar-refractivity contribution is 7.92. The van der Waals surface area contributed by atoms with Crippen LogP contribution in [0.25, 0.3) is 0 Å². The van der Waals surface area contributed by atoms with Crippen molar-refractivity contribution in [3.63, 3.8) is 0 Å². The van der Waals surface area contributed by atoms with Crippen molar-refractivity contribution in [2.75, 3.05) is 23.7 Å². The van der Waals surface area contributed by atoms with E-state index in [9.17, 15) is 22.4 Å². The van der Waals surface area contributed by atoms with E-state index in [-0.39, 0.29) is 24.2 Å². The number of para-hydroxylation sites is 2. The van der Waals surface area contributed by atoms with Crippen molar-refractivity contribution in [1.82, 2.24) is 10.2 Å². The Balaban J connectivity index is 2.42. The third-order valence-electron chi connectivity index (χ3n) is 5.55. The van der Waals surface area contributed by atoms with E-state index < -0.39 is 34.3 Å². The van der Waals surface area contributed by atoms with E-state index in [0.717, 1.165) is 10.6 Å². The largest absolute Gasteiger partial charge is 0.492 e. The van der Waals surface area contributed by atoms with Crippen LogP contribution >= 0.6 is 0 Å². The first-order valence-corrected chi connectivity index (χ1v) is 13.4. The summed E-state index contributed by atoms with van der Waals surface area (Å²) in [5.74, 6) is -1.06. The summed E-state index contributed by atoms with van der Waals surface area (Å²) in [7, 11) is -3.88. The van der Waals surface area contributed by atoms with Crippen LogP contribution in [0.4, 0.5) is 10.1 Å². The van der Waals surface area contributed by atoms with E-state index in [4.69, 9.17) is 4.74 Å². The third-order valence-corrected chi connectivity index (χ3v) is 6.67. The number of sulfonamides is 1. The molecule has 0 aliphatic carbocycles. The molecule has 0 heterocycles. The maximum absolute atomic E-state index is 13.5. The highest BCUT2D eigenvalue weighted by atomic mass is 32.2. The van der Waals surface area contributed by atoms with Gasteiger partial charge in [-0.2, -0.15) is 0 Å². The Kier molecular flexibility index (Phi) is 10.1. The molecule has 0 aliphatic heterocycles. The minimum absolute atomic E-state index is 0.00108. The van der Waals surface area contributed by atoms with Crippen molar-refractivity contribution in [2.45, 2.75) is 52.7 Å². The number of rotatable bonds is 12. The van der Waals surface area contributed by atoms with Crippen LogP contribution in [0, 0.1) is 5.82 Å². The van der Waals surface area contributed by atoms with E-state index >= 15 is 0 Å². The van der Waals surface area contributed by atoms with Crippen LogP contribution in [0.5, 0.6) is 5.75 Å². The van der Waals surface area contributed by atoms with Gasteiger partial charge < -0.3 is 15.0 Å². The van der Waals surface area contributed by atoms with Gasteiger partial charge >= 0.3 is 0 Å². The van der Waals surface area contributed by atoms with Gasteiger partial charge in [-0.3, -0.25) is 13.9 Å². The molecule has 0 aliphatic rings. The molecular formula is C25H34FN3O5S. The first-order chi connectivity index (χ1) is 16.5. The molecule has 2 amide bonds. The third kappa shape index (κ3) is 7.95. The Morgan fingerprint density at radius 2 is 1.69 bits per heavy atom. The van der Waals surface area contributed by atoms with Crippen molar-refractivity contribution in [1.29, 1.82) is 0 Å². The molecule has 0 fully saturated rings. The Bertz CT molecular complexity index is 1110. The molecule has 0 saturated heterocycles. The Morgan fingerprint density at radius 3 is 2.26 bits per heavy atom. The Morgan fingerprint density at radius 1 is 1.06 bits per heavy atom. The van der Waals surface area contributed by atoms with Crippen molar-refractivity contribution in [3.8, 4) is 5.75 Å². The summed E-state index contributed by atoms with van der Waals surface area (Å²) in [4.78, 5) is 27.7. The zero-order valence-electron chi connectivity index (χ0n) is 20.8.